The molecule has 1 saturated carbocycles. The predicted octanol–water partition coefficient (Wildman–Crippen LogP) is 1.97. The van der Waals surface area contributed by atoms with Crippen LogP contribution in [0.1, 0.15) is 24.0 Å². The van der Waals surface area contributed by atoms with Gasteiger partial charge in [0.15, 0.2) is 0 Å². The van der Waals surface area contributed by atoms with Crippen molar-refractivity contribution in [3.05, 3.63) is 34.3 Å². The smallest absolute Gasteiger partial charge is 0.238 e. The molecule has 0 N–H and O–H groups in total. The van der Waals surface area contributed by atoms with Crippen molar-refractivity contribution in [1.29, 1.82) is 0 Å². The number of halogens is 1. The standard InChI is InChI=1S/C13H11ClN2O/c14-8-1-2-10-9(7-8)11-15-5-6-16(11)12(17)13(10)3-4-13/h1-2,7H,3-6H2. The molecule has 0 bridgehead atoms. The Bertz CT molecular complexity index is 575. The summed E-state index contributed by atoms with van der Waals surface area (Å²) in [4.78, 5) is 18.7. The Morgan fingerprint density at radius 2 is 2.18 bits per heavy atom. The van der Waals surface area contributed by atoms with Gasteiger partial charge in [-0.05, 0) is 30.5 Å². The van der Waals surface area contributed by atoms with Gasteiger partial charge in [0, 0.05) is 17.1 Å². The molecule has 1 fully saturated rings. The first-order valence-electron chi connectivity index (χ1n) is 5.89. The van der Waals surface area contributed by atoms with Gasteiger partial charge in [-0.15, -0.1) is 0 Å². The third-order valence-corrected chi connectivity index (χ3v) is 4.22. The van der Waals surface area contributed by atoms with Crippen LogP contribution in [-0.4, -0.2) is 29.7 Å². The molecule has 0 radical (unpaired) electrons. The van der Waals surface area contributed by atoms with Gasteiger partial charge in [-0.3, -0.25) is 14.7 Å². The molecule has 0 atom stereocenters. The van der Waals surface area contributed by atoms with Gasteiger partial charge in [0.05, 0.1) is 12.0 Å². The van der Waals surface area contributed by atoms with Gasteiger partial charge in [-0.1, -0.05) is 17.7 Å². The van der Waals surface area contributed by atoms with E-state index in [1.807, 2.05) is 23.1 Å². The van der Waals surface area contributed by atoms with Gasteiger partial charge in [0.2, 0.25) is 5.91 Å². The van der Waals surface area contributed by atoms with Crippen LogP contribution >= 0.6 is 11.6 Å². The molecule has 1 aromatic rings. The molecule has 0 saturated heterocycles. The summed E-state index contributed by atoms with van der Waals surface area (Å²) in [6, 6.07) is 5.82. The number of nitrogens with zero attached hydrogens (tertiary/aromatic N) is 2. The molecular formula is C13H11ClN2O. The van der Waals surface area contributed by atoms with Crippen molar-refractivity contribution in [3.8, 4) is 0 Å². The van der Waals surface area contributed by atoms with Crippen LogP contribution in [0.5, 0.6) is 0 Å². The van der Waals surface area contributed by atoms with Crippen LogP contribution < -0.4 is 0 Å². The molecule has 1 amide bonds. The zero-order valence-corrected chi connectivity index (χ0v) is 10.00. The van der Waals surface area contributed by atoms with Gasteiger partial charge < -0.3 is 0 Å². The maximum Gasteiger partial charge on any atom is 0.238 e. The van der Waals surface area contributed by atoms with Crippen LogP contribution in [0.25, 0.3) is 0 Å². The fourth-order valence-corrected chi connectivity index (χ4v) is 3.15. The Balaban J connectivity index is 2.02. The average molecular weight is 247 g/mol. The SMILES string of the molecule is O=C1N2CCN=C2c2cc(Cl)ccc2C12CC2. The molecule has 0 aromatic heterocycles. The molecule has 4 rings (SSSR count). The molecule has 2 aliphatic heterocycles. The number of benzene rings is 1. The molecule has 3 nitrogen and oxygen atoms in total. The second-order valence-corrected chi connectivity index (χ2v) is 5.37. The highest BCUT2D eigenvalue weighted by Crippen LogP contribution is 2.53. The second kappa shape index (κ2) is 2.91. The number of hydrogen-bond acceptors (Lipinski definition) is 2. The third-order valence-electron chi connectivity index (χ3n) is 3.98. The molecule has 0 unspecified atom stereocenters. The first kappa shape index (κ1) is 9.66. The molecule has 2 heterocycles. The van der Waals surface area contributed by atoms with Crippen molar-refractivity contribution in [1.82, 2.24) is 4.90 Å². The number of carbonyl (C=O) groups excluding carboxylic acids is 1. The van der Waals surface area contributed by atoms with E-state index in [1.54, 1.807) is 0 Å². The number of aliphatic imine (C=N–C) groups is 1. The normalized spacial score (nSPS) is 23.5. The summed E-state index contributed by atoms with van der Waals surface area (Å²) in [5, 5.41) is 0.712. The summed E-state index contributed by atoms with van der Waals surface area (Å²) in [5.41, 5.74) is 1.94. The second-order valence-electron chi connectivity index (χ2n) is 4.93. The zero-order chi connectivity index (χ0) is 11.6. The van der Waals surface area contributed by atoms with Gasteiger partial charge >= 0.3 is 0 Å². The number of amides is 1. The number of amidine groups is 1. The van der Waals surface area contributed by atoms with Gasteiger partial charge in [0.1, 0.15) is 5.84 Å². The summed E-state index contributed by atoms with van der Waals surface area (Å²) < 4.78 is 0. The van der Waals surface area contributed by atoms with Crippen LogP contribution in [0.15, 0.2) is 23.2 Å². The van der Waals surface area contributed by atoms with Crippen molar-refractivity contribution in [2.45, 2.75) is 18.3 Å². The van der Waals surface area contributed by atoms with Crippen molar-refractivity contribution in [3.63, 3.8) is 0 Å². The van der Waals surface area contributed by atoms with Crippen molar-refractivity contribution in [2.24, 2.45) is 4.99 Å². The maximum absolute atomic E-state index is 12.5. The Morgan fingerprint density at radius 3 is 2.94 bits per heavy atom. The van der Waals surface area contributed by atoms with Crippen LogP contribution in [-0.2, 0) is 10.2 Å². The van der Waals surface area contributed by atoms with E-state index in [0.717, 1.165) is 36.3 Å². The van der Waals surface area contributed by atoms with Crippen LogP contribution in [0.3, 0.4) is 0 Å². The number of carbonyl (C=O) groups is 1. The highest BCUT2D eigenvalue weighted by molar-refractivity contribution is 6.31. The molecule has 1 spiro atoms. The van der Waals surface area contributed by atoms with E-state index in [-0.39, 0.29) is 11.3 Å². The maximum atomic E-state index is 12.5. The fourth-order valence-electron chi connectivity index (χ4n) is 2.98. The Morgan fingerprint density at radius 1 is 1.35 bits per heavy atom. The number of hydrogen-bond donors (Lipinski definition) is 0. The molecule has 3 aliphatic rings. The topological polar surface area (TPSA) is 32.7 Å². The molecule has 86 valence electrons. The summed E-state index contributed by atoms with van der Waals surface area (Å²) in [6.45, 7) is 1.44. The lowest BCUT2D eigenvalue weighted by molar-refractivity contribution is -0.130. The van der Waals surface area contributed by atoms with Gasteiger partial charge in [0.25, 0.3) is 0 Å². The van der Waals surface area contributed by atoms with E-state index in [2.05, 4.69) is 4.99 Å². The number of fused-ring (bicyclic) bond motifs is 4. The minimum Gasteiger partial charge on any atom is -0.294 e. The molecule has 1 aliphatic carbocycles. The van der Waals surface area contributed by atoms with E-state index in [9.17, 15) is 4.79 Å². The Hall–Kier alpha value is -1.35. The predicted molar refractivity (Wildman–Crippen MR) is 65.5 cm³/mol. The lowest BCUT2D eigenvalue weighted by atomic mass is 9.86. The third kappa shape index (κ3) is 1.08. The lowest BCUT2D eigenvalue weighted by Gasteiger charge is -2.32. The summed E-state index contributed by atoms with van der Waals surface area (Å²) in [6.07, 6.45) is 1.93. The largest absolute Gasteiger partial charge is 0.294 e. The fraction of sp³-hybridized carbons (Fsp3) is 0.385. The average Bonchev–Trinajstić information content (AvgIpc) is 2.96. The van der Waals surface area contributed by atoms with Crippen LogP contribution in [0.4, 0.5) is 0 Å². The quantitative estimate of drug-likeness (QED) is 0.689. The highest BCUT2D eigenvalue weighted by Gasteiger charge is 2.58. The summed E-state index contributed by atoms with van der Waals surface area (Å²) >= 11 is 6.06. The van der Waals surface area contributed by atoms with E-state index in [4.69, 9.17) is 11.6 Å². The van der Waals surface area contributed by atoms with Gasteiger partial charge in [-0.2, -0.15) is 0 Å². The van der Waals surface area contributed by atoms with Gasteiger partial charge in [-0.25, -0.2) is 0 Å². The Labute approximate surface area is 104 Å². The Kier molecular flexibility index (Phi) is 1.65. The van der Waals surface area contributed by atoms with Crippen LogP contribution in [0.2, 0.25) is 5.02 Å². The first-order valence-corrected chi connectivity index (χ1v) is 6.27. The van der Waals surface area contributed by atoms with Crippen molar-refractivity contribution >= 4 is 23.3 Å². The monoisotopic (exact) mass is 246 g/mol. The first-order chi connectivity index (χ1) is 8.22. The van der Waals surface area contributed by atoms with Crippen molar-refractivity contribution < 1.29 is 4.79 Å². The minimum absolute atomic E-state index is 0.239. The minimum atomic E-state index is -0.247. The molecular weight excluding hydrogens is 236 g/mol. The molecule has 4 heteroatoms. The van der Waals surface area contributed by atoms with Crippen LogP contribution in [0, 0.1) is 0 Å². The van der Waals surface area contributed by atoms with E-state index in [1.165, 1.54) is 0 Å². The van der Waals surface area contributed by atoms with Crippen molar-refractivity contribution in [2.75, 3.05) is 13.1 Å². The molecule has 1 aromatic carbocycles. The van der Waals surface area contributed by atoms with E-state index in [0.29, 0.717) is 11.6 Å². The highest BCUT2D eigenvalue weighted by atomic mass is 35.5. The zero-order valence-electron chi connectivity index (χ0n) is 9.24. The van der Waals surface area contributed by atoms with E-state index < -0.39 is 0 Å². The molecule has 17 heavy (non-hydrogen) atoms. The summed E-state index contributed by atoms with van der Waals surface area (Å²) in [5.74, 6) is 1.06. The summed E-state index contributed by atoms with van der Waals surface area (Å²) in [7, 11) is 0. The van der Waals surface area contributed by atoms with E-state index >= 15 is 0 Å². The lowest BCUT2D eigenvalue weighted by Crippen LogP contribution is -2.47. The number of rotatable bonds is 0.